The summed E-state index contributed by atoms with van der Waals surface area (Å²) in [5, 5.41) is 8.80. The van der Waals surface area contributed by atoms with E-state index in [0.717, 1.165) is 28.2 Å². The molecule has 2 aliphatic rings. The molecule has 0 unspecified atom stereocenters. The number of nitrogens with zero attached hydrogens (tertiary/aromatic N) is 5. The summed E-state index contributed by atoms with van der Waals surface area (Å²) in [5.74, 6) is 2.11. The standard InChI is InChI=1S/C30H29N5O4/c1-18(19-10-12-21(37-4)13-11-19)34-38-16-24-32-28-27-25(20-8-6-5-7-9-20)26-22(36)14-30(2,3)15-23(26)39-29(27)31-17-35(28)33-24/h5-13,17,25H,14-16H2,1-4H3/b34-18+/t25-/m1/s1. The maximum absolute atomic E-state index is 13.5. The van der Waals surface area contributed by atoms with Gasteiger partial charge in [0.05, 0.1) is 18.4 Å². The number of fused-ring (bicyclic) bond motifs is 3. The summed E-state index contributed by atoms with van der Waals surface area (Å²) in [5.41, 5.74) is 4.43. The van der Waals surface area contributed by atoms with E-state index < -0.39 is 0 Å². The first-order chi connectivity index (χ1) is 18.8. The minimum absolute atomic E-state index is 0.0713. The number of Topliss-reactive ketones (excluding diaryl/α,β-unsaturated/α-hetero) is 1. The van der Waals surface area contributed by atoms with Crippen molar-refractivity contribution in [3.63, 3.8) is 0 Å². The summed E-state index contributed by atoms with van der Waals surface area (Å²) in [4.78, 5) is 28.5. The third kappa shape index (κ3) is 4.65. The topological polar surface area (TPSA) is 100 Å². The second-order valence-electron chi connectivity index (χ2n) is 10.7. The minimum Gasteiger partial charge on any atom is -0.497 e. The van der Waals surface area contributed by atoms with E-state index in [2.05, 4.69) is 29.1 Å². The molecule has 1 aliphatic carbocycles. The summed E-state index contributed by atoms with van der Waals surface area (Å²) in [6.45, 7) is 6.12. The average molecular weight is 524 g/mol. The highest BCUT2D eigenvalue weighted by atomic mass is 16.6. The molecule has 0 bridgehead atoms. The largest absolute Gasteiger partial charge is 0.497 e. The molecule has 0 fully saturated rings. The molecule has 198 valence electrons. The highest BCUT2D eigenvalue weighted by Crippen LogP contribution is 2.50. The molecule has 0 spiro atoms. The zero-order chi connectivity index (χ0) is 27.1. The van der Waals surface area contributed by atoms with Gasteiger partial charge in [-0.2, -0.15) is 0 Å². The van der Waals surface area contributed by atoms with Gasteiger partial charge in [0, 0.05) is 24.3 Å². The lowest BCUT2D eigenvalue weighted by Gasteiger charge is -2.37. The van der Waals surface area contributed by atoms with Gasteiger partial charge in [-0.15, -0.1) is 5.10 Å². The molecule has 39 heavy (non-hydrogen) atoms. The van der Waals surface area contributed by atoms with Crippen LogP contribution in [0.15, 0.2) is 77.4 Å². The van der Waals surface area contributed by atoms with E-state index in [9.17, 15) is 4.79 Å². The zero-order valence-corrected chi connectivity index (χ0v) is 22.3. The molecule has 0 amide bonds. The summed E-state index contributed by atoms with van der Waals surface area (Å²) in [6.07, 6.45) is 2.71. The van der Waals surface area contributed by atoms with Gasteiger partial charge >= 0.3 is 0 Å². The van der Waals surface area contributed by atoms with Crippen molar-refractivity contribution in [3.8, 4) is 11.6 Å². The fourth-order valence-corrected chi connectivity index (χ4v) is 5.30. The number of hydrogen-bond acceptors (Lipinski definition) is 8. The van der Waals surface area contributed by atoms with Crippen LogP contribution in [0, 0.1) is 5.41 Å². The molecule has 1 aliphatic heterocycles. The predicted octanol–water partition coefficient (Wildman–Crippen LogP) is 5.24. The second kappa shape index (κ2) is 9.65. The molecule has 3 heterocycles. The van der Waals surface area contributed by atoms with E-state index in [1.807, 2.05) is 61.5 Å². The van der Waals surface area contributed by atoms with Gasteiger partial charge in [0.1, 0.15) is 17.8 Å². The number of ketones is 1. The van der Waals surface area contributed by atoms with E-state index in [-0.39, 0.29) is 23.7 Å². The Balaban J connectivity index is 1.35. The molecular formula is C30H29N5O4. The van der Waals surface area contributed by atoms with Gasteiger partial charge < -0.3 is 14.3 Å². The molecule has 9 heteroatoms. The minimum atomic E-state index is -0.349. The van der Waals surface area contributed by atoms with Crippen LogP contribution in [-0.4, -0.2) is 38.2 Å². The number of aromatic nitrogens is 4. The van der Waals surface area contributed by atoms with Crippen LogP contribution in [0.2, 0.25) is 0 Å². The Morgan fingerprint density at radius 2 is 1.90 bits per heavy atom. The number of methoxy groups -OCH3 is 1. The van der Waals surface area contributed by atoms with E-state index in [1.165, 1.54) is 0 Å². The molecule has 0 N–H and O–H groups in total. The van der Waals surface area contributed by atoms with Crippen LogP contribution in [0.5, 0.6) is 11.6 Å². The Bertz CT molecular complexity index is 1620. The Hall–Kier alpha value is -4.53. The molecule has 0 radical (unpaired) electrons. The van der Waals surface area contributed by atoms with Crippen LogP contribution in [0.1, 0.15) is 62.0 Å². The molecule has 1 atom stereocenters. The Kier molecular flexibility index (Phi) is 6.13. The van der Waals surface area contributed by atoms with Crippen molar-refractivity contribution in [2.45, 2.75) is 46.1 Å². The van der Waals surface area contributed by atoms with Crippen LogP contribution < -0.4 is 9.47 Å². The number of rotatable bonds is 6. The van der Waals surface area contributed by atoms with E-state index in [1.54, 1.807) is 18.0 Å². The first-order valence-corrected chi connectivity index (χ1v) is 12.9. The van der Waals surface area contributed by atoms with Crippen molar-refractivity contribution < 1.29 is 19.1 Å². The van der Waals surface area contributed by atoms with Crippen molar-refractivity contribution in [1.29, 1.82) is 0 Å². The average Bonchev–Trinajstić information content (AvgIpc) is 3.35. The number of ether oxygens (including phenoxy) is 2. The molecule has 6 rings (SSSR count). The number of hydrogen-bond donors (Lipinski definition) is 0. The van der Waals surface area contributed by atoms with Crippen LogP contribution in [0.4, 0.5) is 0 Å². The highest BCUT2D eigenvalue weighted by molar-refractivity contribution is 6.00. The quantitative estimate of drug-likeness (QED) is 0.252. The van der Waals surface area contributed by atoms with Gasteiger partial charge in [0.25, 0.3) is 0 Å². The normalized spacial score (nSPS) is 18.4. The van der Waals surface area contributed by atoms with Gasteiger partial charge in [-0.05, 0) is 47.7 Å². The molecule has 4 aromatic rings. The van der Waals surface area contributed by atoms with Gasteiger partial charge in [0.15, 0.2) is 23.9 Å². The van der Waals surface area contributed by atoms with Gasteiger partial charge in [-0.1, -0.05) is 49.3 Å². The van der Waals surface area contributed by atoms with Crippen molar-refractivity contribution in [2.24, 2.45) is 10.6 Å². The van der Waals surface area contributed by atoms with E-state index in [4.69, 9.17) is 19.3 Å². The fourth-order valence-electron chi connectivity index (χ4n) is 5.30. The van der Waals surface area contributed by atoms with E-state index in [0.29, 0.717) is 41.5 Å². The first kappa shape index (κ1) is 24.8. The summed E-state index contributed by atoms with van der Waals surface area (Å²) >= 11 is 0. The number of allylic oxidation sites excluding steroid dienone is 2. The van der Waals surface area contributed by atoms with Crippen molar-refractivity contribution >= 4 is 17.1 Å². The monoisotopic (exact) mass is 523 g/mol. The zero-order valence-electron chi connectivity index (χ0n) is 22.3. The molecule has 0 saturated heterocycles. The Morgan fingerprint density at radius 1 is 1.13 bits per heavy atom. The molecular weight excluding hydrogens is 494 g/mol. The van der Waals surface area contributed by atoms with E-state index >= 15 is 0 Å². The van der Waals surface area contributed by atoms with Crippen molar-refractivity contribution in [2.75, 3.05) is 7.11 Å². The Labute approximate surface area is 226 Å². The molecule has 2 aromatic carbocycles. The smallest absolute Gasteiger partial charge is 0.228 e. The third-order valence-corrected chi connectivity index (χ3v) is 7.14. The maximum atomic E-state index is 13.5. The fraction of sp³-hybridized carbons (Fsp3) is 0.300. The number of carbonyl (C=O) groups excluding carboxylic acids is 1. The number of carbonyl (C=O) groups is 1. The van der Waals surface area contributed by atoms with Crippen LogP contribution >= 0.6 is 0 Å². The lowest BCUT2D eigenvalue weighted by atomic mass is 9.70. The SMILES string of the molecule is COc1ccc(/C(C)=N/OCc2nc3c4c(ncn3n2)OC2=C(C(=O)CC(C)(C)C2)[C@H]4c2ccccc2)cc1. The number of oxime groups is 1. The molecule has 9 nitrogen and oxygen atoms in total. The predicted molar refractivity (Wildman–Crippen MR) is 145 cm³/mol. The Morgan fingerprint density at radius 3 is 2.64 bits per heavy atom. The summed E-state index contributed by atoms with van der Waals surface area (Å²) in [6, 6.07) is 17.5. The highest BCUT2D eigenvalue weighted by Gasteiger charge is 2.43. The van der Waals surface area contributed by atoms with Crippen LogP contribution in [0.3, 0.4) is 0 Å². The van der Waals surface area contributed by atoms with Crippen molar-refractivity contribution in [3.05, 3.63) is 94.8 Å². The van der Waals surface area contributed by atoms with Gasteiger partial charge in [-0.3, -0.25) is 4.79 Å². The molecule has 0 saturated carbocycles. The van der Waals surface area contributed by atoms with Crippen LogP contribution in [-0.2, 0) is 16.2 Å². The van der Waals surface area contributed by atoms with Crippen molar-refractivity contribution in [1.82, 2.24) is 19.6 Å². The third-order valence-electron chi connectivity index (χ3n) is 7.14. The summed E-state index contributed by atoms with van der Waals surface area (Å²) < 4.78 is 13.1. The number of benzene rings is 2. The second-order valence-corrected chi connectivity index (χ2v) is 10.7. The van der Waals surface area contributed by atoms with Crippen LogP contribution in [0.25, 0.3) is 5.65 Å². The van der Waals surface area contributed by atoms with Gasteiger partial charge in [-0.25, -0.2) is 14.5 Å². The summed E-state index contributed by atoms with van der Waals surface area (Å²) in [7, 11) is 1.63. The van der Waals surface area contributed by atoms with Gasteiger partial charge in [0.2, 0.25) is 5.88 Å². The maximum Gasteiger partial charge on any atom is 0.228 e. The lowest BCUT2D eigenvalue weighted by Crippen LogP contribution is -2.33. The molecule has 2 aromatic heterocycles. The first-order valence-electron chi connectivity index (χ1n) is 12.9. The lowest BCUT2D eigenvalue weighted by molar-refractivity contribution is -0.118.